The molecule has 2 fully saturated rings. The lowest BCUT2D eigenvalue weighted by Crippen LogP contribution is -2.60. The SMILES string of the molecule is Cc1oc(=O)oc1COC(=O)C1=C([C@H]2CCCO2)S[C@@H]2C([C@@H](C)O)C(=O)N12. The third-order valence-corrected chi connectivity index (χ3v) is 6.37. The Bertz CT molecular complexity index is 863. The number of ether oxygens (including phenoxy) is 2. The number of fused-ring (bicyclic) bond motifs is 1. The van der Waals surface area contributed by atoms with Crippen molar-refractivity contribution in [2.45, 2.75) is 50.9 Å². The van der Waals surface area contributed by atoms with E-state index in [0.717, 1.165) is 12.8 Å². The second kappa shape index (κ2) is 6.84. The van der Waals surface area contributed by atoms with Gasteiger partial charge in [-0.1, -0.05) is 11.8 Å². The van der Waals surface area contributed by atoms with Crippen LogP contribution in [0.1, 0.15) is 31.3 Å². The van der Waals surface area contributed by atoms with Crippen molar-refractivity contribution in [1.82, 2.24) is 4.90 Å². The zero-order chi connectivity index (χ0) is 19.3. The summed E-state index contributed by atoms with van der Waals surface area (Å²) in [6.45, 7) is 3.40. The number of nitrogens with zero attached hydrogens (tertiary/aromatic N) is 1. The monoisotopic (exact) mass is 397 g/mol. The van der Waals surface area contributed by atoms with E-state index in [4.69, 9.17) is 18.3 Å². The molecule has 27 heavy (non-hydrogen) atoms. The molecule has 3 aliphatic heterocycles. The predicted molar refractivity (Wildman–Crippen MR) is 91.2 cm³/mol. The Hall–Kier alpha value is -2.04. The first-order valence-corrected chi connectivity index (χ1v) is 9.56. The van der Waals surface area contributed by atoms with Gasteiger partial charge in [0.15, 0.2) is 18.1 Å². The van der Waals surface area contributed by atoms with Crippen LogP contribution in [0.4, 0.5) is 0 Å². The molecular formula is C17H19NO8S. The second-order valence-electron chi connectivity index (χ2n) is 6.71. The van der Waals surface area contributed by atoms with Gasteiger partial charge in [0.1, 0.15) is 11.1 Å². The van der Waals surface area contributed by atoms with E-state index in [1.165, 1.54) is 23.6 Å². The molecule has 1 aromatic rings. The number of aliphatic hydroxyl groups excluding tert-OH is 1. The summed E-state index contributed by atoms with van der Waals surface area (Å²) in [7, 11) is 0. The van der Waals surface area contributed by atoms with Crippen molar-refractivity contribution in [3.05, 3.63) is 32.7 Å². The van der Waals surface area contributed by atoms with Crippen LogP contribution >= 0.6 is 11.8 Å². The molecule has 0 bridgehead atoms. The first kappa shape index (κ1) is 18.3. The van der Waals surface area contributed by atoms with Crippen molar-refractivity contribution >= 4 is 23.6 Å². The number of hydrogen-bond acceptors (Lipinski definition) is 9. The van der Waals surface area contributed by atoms with Gasteiger partial charge in [-0.2, -0.15) is 0 Å². The van der Waals surface area contributed by atoms with Gasteiger partial charge in [0.2, 0.25) is 5.91 Å². The van der Waals surface area contributed by atoms with Gasteiger partial charge in [-0.05, 0) is 26.7 Å². The molecule has 10 heteroatoms. The van der Waals surface area contributed by atoms with Crippen molar-refractivity contribution in [3.8, 4) is 0 Å². The number of aryl methyl sites for hydroxylation is 1. The molecule has 4 rings (SSSR count). The maximum absolute atomic E-state index is 12.8. The van der Waals surface area contributed by atoms with E-state index in [-0.39, 0.29) is 41.2 Å². The Kier molecular flexibility index (Phi) is 4.65. The van der Waals surface area contributed by atoms with Crippen molar-refractivity contribution in [3.63, 3.8) is 0 Å². The molecule has 0 saturated carbocycles. The first-order valence-electron chi connectivity index (χ1n) is 8.68. The first-order chi connectivity index (χ1) is 12.9. The number of thioether (sulfide) groups is 1. The number of hydrogen-bond donors (Lipinski definition) is 1. The van der Waals surface area contributed by atoms with Gasteiger partial charge in [-0.15, -0.1) is 0 Å². The molecule has 1 aromatic heterocycles. The predicted octanol–water partition coefficient (Wildman–Crippen LogP) is 0.887. The van der Waals surface area contributed by atoms with Crippen molar-refractivity contribution < 1.29 is 33.0 Å². The van der Waals surface area contributed by atoms with Crippen LogP contribution in [-0.2, 0) is 25.7 Å². The third kappa shape index (κ3) is 3.01. The molecular weight excluding hydrogens is 378 g/mol. The highest BCUT2D eigenvalue weighted by molar-refractivity contribution is 8.04. The van der Waals surface area contributed by atoms with Crippen LogP contribution in [0, 0.1) is 12.8 Å². The molecule has 2 saturated heterocycles. The van der Waals surface area contributed by atoms with Gasteiger partial charge < -0.3 is 23.4 Å². The fraction of sp³-hybridized carbons (Fsp3) is 0.588. The molecule has 1 unspecified atom stereocenters. The normalized spacial score (nSPS) is 28.3. The lowest BCUT2D eigenvalue weighted by Gasteiger charge is -2.43. The topological polar surface area (TPSA) is 119 Å². The summed E-state index contributed by atoms with van der Waals surface area (Å²) in [5, 5.41) is 9.53. The lowest BCUT2D eigenvalue weighted by molar-refractivity contribution is -0.158. The van der Waals surface area contributed by atoms with E-state index in [1.54, 1.807) is 6.92 Å². The summed E-state index contributed by atoms with van der Waals surface area (Å²) < 4.78 is 20.5. The number of aliphatic hydroxyl groups is 1. The second-order valence-corrected chi connectivity index (χ2v) is 7.87. The molecule has 3 aliphatic rings. The molecule has 9 nitrogen and oxygen atoms in total. The van der Waals surface area contributed by atoms with Crippen LogP contribution in [-0.4, -0.2) is 46.1 Å². The van der Waals surface area contributed by atoms with Crippen molar-refractivity contribution in [2.75, 3.05) is 6.61 Å². The van der Waals surface area contributed by atoms with Crippen LogP contribution in [0.15, 0.2) is 24.2 Å². The zero-order valence-corrected chi connectivity index (χ0v) is 15.6. The van der Waals surface area contributed by atoms with Crippen LogP contribution in [0.2, 0.25) is 0 Å². The quantitative estimate of drug-likeness (QED) is 0.570. The summed E-state index contributed by atoms with van der Waals surface area (Å²) in [6.07, 6.45) is 0.548. The Balaban J connectivity index is 1.57. The molecule has 1 amide bonds. The Labute approximate surface area is 158 Å². The highest BCUT2D eigenvalue weighted by Gasteiger charge is 2.58. The van der Waals surface area contributed by atoms with E-state index in [9.17, 15) is 19.5 Å². The third-order valence-electron chi connectivity index (χ3n) is 4.91. The maximum Gasteiger partial charge on any atom is 0.519 e. The fourth-order valence-electron chi connectivity index (χ4n) is 3.52. The van der Waals surface area contributed by atoms with E-state index in [2.05, 4.69) is 0 Å². The van der Waals surface area contributed by atoms with Crippen molar-refractivity contribution in [1.29, 1.82) is 0 Å². The average molecular weight is 397 g/mol. The number of carbonyl (C=O) groups is 2. The Morgan fingerprint density at radius 2 is 2.19 bits per heavy atom. The van der Waals surface area contributed by atoms with E-state index in [1.807, 2.05) is 0 Å². The van der Waals surface area contributed by atoms with E-state index < -0.39 is 23.8 Å². The van der Waals surface area contributed by atoms with E-state index in [0.29, 0.717) is 11.5 Å². The highest BCUT2D eigenvalue weighted by Crippen LogP contribution is 2.52. The number of β-lactam (4-membered cyclic amide) rings is 1. The Morgan fingerprint density at radius 3 is 2.78 bits per heavy atom. The molecule has 146 valence electrons. The molecule has 4 heterocycles. The van der Waals surface area contributed by atoms with E-state index >= 15 is 0 Å². The number of esters is 1. The smallest absolute Gasteiger partial charge is 0.453 e. The molecule has 0 aromatic carbocycles. The number of carbonyl (C=O) groups excluding carboxylic acids is 2. The standard InChI is InChI=1S/C17H19NO8S/c1-7(19)11-14(20)18-12(13(27-15(11)18)9-4-3-5-23-9)16(21)24-6-10-8(2)25-17(22)26-10/h7,9,11,15,19H,3-6H2,1-2H3/t7-,9-,11?,15-/m1/s1. The summed E-state index contributed by atoms with van der Waals surface area (Å²) in [6, 6.07) is 0. The van der Waals surface area contributed by atoms with Crippen LogP contribution in [0.25, 0.3) is 0 Å². The molecule has 1 N–H and O–H groups in total. The summed E-state index contributed by atoms with van der Waals surface area (Å²) in [5.41, 5.74) is 0.155. The number of rotatable bonds is 5. The average Bonchev–Trinajstić information content (AvgIpc) is 3.29. The van der Waals surface area contributed by atoms with Crippen LogP contribution in [0.5, 0.6) is 0 Å². The zero-order valence-electron chi connectivity index (χ0n) is 14.8. The number of amides is 1. The highest BCUT2D eigenvalue weighted by atomic mass is 32.2. The Morgan fingerprint density at radius 1 is 1.41 bits per heavy atom. The van der Waals surface area contributed by atoms with Gasteiger partial charge >= 0.3 is 11.8 Å². The molecule has 0 radical (unpaired) electrons. The summed E-state index contributed by atoms with van der Waals surface area (Å²) in [5.74, 6) is -2.09. The molecule has 0 spiro atoms. The molecule has 4 atom stereocenters. The van der Waals surface area contributed by atoms with Crippen LogP contribution in [0.3, 0.4) is 0 Å². The maximum atomic E-state index is 12.8. The van der Waals surface area contributed by atoms with Gasteiger partial charge in [0.05, 0.1) is 18.1 Å². The summed E-state index contributed by atoms with van der Waals surface area (Å²) in [4.78, 5) is 38.4. The lowest BCUT2D eigenvalue weighted by atomic mass is 9.92. The molecule has 0 aliphatic carbocycles. The van der Waals surface area contributed by atoms with Gasteiger partial charge in [0, 0.05) is 11.5 Å². The minimum atomic E-state index is -0.869. The summed E-state index contributed by atoms with van der Waals surface area (Å²) >= 11 is 1.37. The fourth-order valence-corrected chi connectivity index (χ4v) is 5.21. The van der Waals surface area contributed by atoms with Gasteiger partial charge in [-0.25, -0.2) is 9.59 Å². The van der Waals surface area contributed by atoms with Gasteiger partial charge in [0.25, 0.3) is 0 Å². The van der Waals surface area contributed by atoms with Crippen molar-refractivity contribution in [2.24, 2.45) is 5.92 Å². The minimum absolute atomic E-state index is 0.117. The van der Waals surface area contributed by atoms with Crippen LogP contribution < -0.4 is 5.82 Å². The minimum Gasteiger partial charge on any atom is -0.453 e. The van der Waals surface area contributed by atoms with Gasteiger partial charge in [-0.3, -0.25) is 9.69 Å². The largest absolute Gasteiger partial charge is 0.519 e.